The molecule has 0 saturated heterocycles. The first-order chi connectivity index (χ1) is 11.5. The van der Waals surface area contributed by atoms with Gasteiger partial charge in [0.05, 0.1) is 7.11 Å². The molecule has 6 nitrogen and oxygen atoms in total. The number of anilines is 1. The number of ether oxygens (including phenoxy) is 1. The normalized spacial score (nSPS) is 9.92. The van der Waals surface area contributed by atoms with E-state index in [1.807, 2.05) is 12.1 Å². The Balaban J connectivity index is 1.92. The van der Waals surface area contributed by atoms with Crippen molar-refractivity contribution in [2.24, 2.45) is 0 Å². The van der Waals surface area contributed by atoms with Crippen LogP contribution in [0.1, 0.15) is 22.8 Å². The fourth-order valence-corrected chi connectivity index (χ4v) is 2.08. The molecule has 0 unspecified atom stereocenters. The lowest BCUT2D eigenvalue weighted by atomic mass is 10.1. The third kappa shape index (κ3) is 4.42. The number of ketones is 1. The summed E-state index contributed by atoms with van der Waals surface area (Å²) in [6, 6.07) is 13.5. The molecule has 0 spiro atoms. The number of hydrogen-bond acceptors (Lipinski definition) is 4. The van der Waals surface area contributed by atoms with Crippen molar-refractivity contribution in [3.8, 4) is 5.75 Å². The molecule has 0 radical (unpaired) electrons. The van der Waals surface area contributed by atoms with Gasteiger partial charge in [-0.25, -0.2) is 0 Å². The molecule has 24 heavy (non-hydrogen) atoms. The SMILES string of the molecule is COc1ccccc1CNC(=O)C(=O)Nc1ccc(C(C)=O)cc1. The lowest BCUT2D eigenvalue weighted by Crippen LogP contribution is -2.35. The lowest BCUT2D eigenvalue weighted by Gasteiger charge is -2.10. The third-order valence-electron chi connectivity index (χ3n) is 3.39. The van der Waals surface area contributed by atoms with E-state index in [0.717, 1.165) is 5.56 Å². The molecule has 0 atom stereocenters. The van der Waals surface area contributed by atoms with Crippen molar-refractivity contribution in [1.29, 1.82) is 0 Å². The predicted octanol–water partition coefficient (Wildman–Crippen LogP) is 2.15. The number of benzene rings is 2. The summed E-state index contributed by atoms with van der Waals surface area (Å²) in [5.41, 5.74) is 1.75. The van der Waals surface area contributed by atoms with Crippen LogP contribution in [-0.4, -0.2) is 24.7 Å². The molecule has 2 aromatic carbocycles. The summed E-state index contributed by atoms with van der Waals surface area (Å²) in [5, 5.41) is 5.02. The molecule has 0 aliphatic rings. The van der Waals surface area contributed by atoms with E-state index in [-0.39, 0.29) is 12.3 Å². The monoisotopic (exact) mass is 326 g/mol. The van der Waals surface area contributed by atoms with Crippen LogP contribution >= 0.6 is 0 Å². The van der Waals surface area contributed by atoms with Crippen LogP contribution in [0.5, 0.6) is 5.75 Å². The average molecular weight is 326 g/mol. The van der Waals surface area contributed by atoms with E-state index in [2.05, 4.69) is 10.6 Å². The minimum atomic E-state index is -0.777. The van der Waals surface area contributed by atoms with Gasteiger partial charge < -0.3 is 15.4 Å². The van der Waals surface area contributed by atoms with Crippen LogP contribution in [0.25, 0.3) is 0 Å². The van der Waals surface area contributed by atoms with Crippen molar-refractivity contribution in [2.75, 3.05) is 12.4 Å². The van der Waals surface area contributed by atoms with Crippen LogP contribution in [-0.2, 0) is 16.1 Å². The highest BCUT2D eigenvalue weighted by molar-refractivity contribution is 6.39. The molecule has 0 heterocycles. The zero-order valence-corrected chi connectivity index (χ0v) is 13.5. The average Bonchev–Trinajstić information content (AvgIpc) is 2.60. The van der Waals surface area contributed by atoms with Crippen molar-refractivity contribution in [3.05, 3.63) is 59.7 Å². The number of carbonyl (C=O) groups excluding carboxylic acids is 3. The second kappa shape index (κ2) is 7.92. The molecular formula is C18H18N2O4. The first-order valence-electron chi connectivity index (χ1n) is 7.33. The number of nitrogens with one attached hydrogen (secondary N) is 2. The van der Waals surface area contributed by atoms with Crippen LogP contribution in [0.15, 0.2) is 48.5 Å². The maximum absolute atomic E-state index is 11.9. The Labute approximate surface area is 139 Å². The second-order valence-electron chi connectivity index (χ2n) is 5.08. The van der Waals surface area contributed by atoms with Crippen LogP contribution in [0.2, 0.25) is 0 Å². The molecule has 0 bridgehead atoms. The van der Waals surface area contributed by atoms with E-state index in [0.29, 0.717) is 17.0 Å². The first-order valence-corrected chi connectivity index (χ1v) is 7.33. The second-order valence-corrected chi connectivity index (χ2v) is 5.08. The number of methoxy groups -OCH3 is 1. The van der Waals surface area contributed by atoms with Gasteiger partial charge in [-0.1, -0.05) is 18.2 Å². The Kier molecular flexibility index (Phi) is 5.68. The first kappa shape index (κ1) is 17.2. The van der Waals surface area contributed by atoms with Gasteiger partial charge in [0.25, 0.3) is 0 Å². The molecular weight excluding hydrogens is 308 g/mol. The Morgan fingerprint density at radius 2 is 1.62 bits per heavy atom. The minimum absolute atomic E-state index is 0.0672. The fourth-order valence-electron chi connectivity index (χ4n) is 2.08. The van der Waals surface area contributed by atoms with Gasteiger partial charge >= 0.3 is 11.8 Å². The number of carbonyl (C=O) groups is 3. The molecule has 0 aliphatic heterocycles. The molecule has 0 aliphatic carbocycles. The van der Waals surface area contributed by atoms with Crippen LogP contribution in [0.3, 0.4) is 0 Å². The number of hydrogen-bond donors (Lipinski definition) is 2. The van der Waals surface area contributed by atoms with E-state index in [9.17, 15) is 14.4 Å². The lowest BCUT2D eigenvalue weighted by molar-refractivity contribution is -0.136. The van der Waals surface area contributed by atoms with Crippen molar-refractivity contribution < 1.29 is 19.1 Å². The molecule has 2 N–H and O–H groups in total. The fraction of sp³-hybridized carbons (Fsp3) is 0.167. The Morgan fingerprint density at radius 3 is 2.25 bits per heavy atom. The standard InChI is InChI=1S/C18H18N2O4/c1-12(21)13-7-9-15(10-8-13)20-18(23)17(22)19-11-14-5-3-4-6-16(14)24-2/h3-10H,11H2,1-2H3,(H,19,22)(H,20,23). The highest BCUT2D eigenvalue weighted by Crippen LogP contribution is 2.16. The summed E-state index contributed by atoms with van der Waals surface area (Å²) in [6.45, 7) is 1.64. The van der Waals surface area contributed by atoms with Crippen molar-refractivity contribution in [2.45, 2.75) is 13.5 Å². The molecule has 0 aromatic heterocycles. The predicted molar refractivity (Wildman–Crippen MR) is 89.9 cm³/mol. The number of Topliss-reactive ketones (excluding diaryl/α,β-unsaturated/α-hetero) is 1. The van der Waals surface area contributed by atoms with E-state index in [1.165, 1.54) is 14.0 Å². The summed E-state index contributed by atoms with van der Waals surface area (Å²) in [5.74, 6) is -0.961. The van der Waals surface area contributed by atoms with Crippen molar-refractivity contribution in [1.82, 2.24) is 5.32 Å². The van der Waals surface area contributed by atoms with Gasteiger partial charge in [-0.05, 0) is 37.3 Å². The van der Waals surface area contributed by atoms with Crippen molar-refractivity contribution >= 4 is 23.3 Å². The van der Waals surface area contributed by atoms with Crippen LogP contribution in [0, 0.1) is 0 Å². The number of rotatable bonds is 5. The van der Waals surface area contributed by atoms with Gasteiger partial charge in [0.1, 0.15) is 5.75 Å². The van der Waals surface area contributed by atoms with Gasteiger partial charge in [-0.15, -0.1) is 0 Å². The maximum Gasteiger partial charge on any atom is 0.313 e. The molecule has 6 heteroatoms. The van der Waals surface area contributed by atoms with E-state index >= 15 is 0 Å². The summed E-state index contributed by atoms with van der Waals surface area (Å²) in [4.78, 5) is 35.0. The largest absolute Gasteiger partial charge is 0.496 e. The smallest absolute Gasteiger partial charge is 0.313 e. The number of amides is 2. The summed E-state index contributed by atoms with van der Waals surface area (Å²) in [7, 11) is 1.54. The zero-order chi connectivity index (χ0) is 17.5. The molecule has 0 fully saturated rings. The Bertz CT molecular complexity index is 754. The quantitative estimate of drug-likeness (QED) is 0.651. The molecule has 124 valence electrons. The topological polar surface area (TPSA) is 84.5 Å². The van der Waals surface area contributed by atoms with Gasteiger partial charge in [-0.3, -0.25) is 14.4 Å². The van der Waals surface area contributed by atoms with Gasteiger partial charge in [0.15, 0.2) is 5.78 Å². The Hall–Kier alpha value is -3.15. The summed E-state index contributed by atoms with van der Waals surface area (Å²) >= 11 is 0. The molecule has 2 amide bonds. The summed E-state index contributed by atoms with van der Waals surface area (Å²) < 4.78 is 5.18. The van der Waals surface area contributed by atoms with Crippen LogP contribution < -0.4 is 15.4 Å². The molecule has 0 saturated carbocycles. The van der Waals surface area contributed by atoms with Gasteiger partial charge in [0.2, 0.25) is 0 Å². The highest BCUT2D eigenvalue weighted by atomic mass is 16.5. The highest BCUT2D eigenvalue weighted by Gasteiger charge is 2.14. The molecule has 2 aromatic rings. The molecule has 2 rings (SSSR count). The van der Waals surface area contributed by atoms with Gasteiger partial charge in [0, 0.05) is 23.4 Å². The number of para-hydroxylation sites is 1. The van der Waals surface area contributed by atoms with E-state index in [1.54, 1.807) is 36.4 Å². The van der Waals surface area contributed by atoms with Gasteiger partial charge in [-0.2, -0.15) is 0 Å². The Morgan fingerprint density at radius 1 is 0.958 bits per heavy atom. The zero-order valence-electron chi connectivity index (χ0n) is 13.5. The third-order valence-corrected chi connectivity index (χ3v) is 3.39. The van der Waals surface area contributed by atoms with Crippen molar-refractivity contribution in [3.63, 3.8) is 0 Å². The van der Waals surface area contributed by atoms with Crippen LogP contribution in [0.4, 0.5) is 5.69 Å². The van der Waals surface area contributed by atoms with E-state index < -0.39 is 11.8 Å². The minimum Gasteiger partial charge on any atom is -0.496 e. The maximum atomic E-state index is 11.9. The van der Waals surface area contributed by atoms with E-state index in [4.69, 9.17) is 4.74 Å². The summed E-state index contributed by atoms with van der Waals surface area (Å²) in [6.07, 6.45) is 0.